The van der Waals surface area contributed by atoms with Crippen molar-refractivity contribution >= 4 is 28.2 Å². The average Bonchev–Trinajstić information content (AvgIpc) is 2.36. The van der Waals surface area contributed by atoms with Gasteiger partial charge in [-0.15, -0.1) is 0 Å². The van der Waals surface area contributed by atoms with E-state index in [1.54, 1.807) is 6.20 Å². The van der Waals surface area contributed by atoms with Gasteiger partial charge in [-0.1, -0.05) is 12.1 Å². The molecule has 2 rings (SSSR count). The molecule has 0 aliphatic carbocycles. The Morgan fingerprint density at radius 1 is 1.37 bits per heavy atom. The van der Waals surface area contributed by atoms with Crippen LogP contribution in [-0.4, -0.2) is 23.5 Å². The monoisotopic (exact) mass is 258 g/mol. The second kappa shape index (κ2) is 5.56. The lowest BCUT2D eigenvalue weighted by atomic mass is 10.1. The lowest BCUT2D eigenvalue weighted by molar-refractivity contribution is -0.119. The number of aromatic nitrogens is 1. The maximum atomic E-state index is 11.6. The summed E-state index contributed by atoms with van der Waals surface area (Å²) >= 11 is 0. The van der Waals surface area contributed by atoms with Gasteiger partial charge in [0.05, 0.1) is 17.7 Å². The average molecular weight is 258 g/mol. The third kappa shape index (κ3) is 3.13. The first-order valence-electron chi connectivity index (χ1n) is 6.24. The molecule has 1 heterocycles. The van der Waals surface area contributed by atoms with Crippen molar-refractivity contribution in [2.24, 2.45) is 0 Å². The highest BCUT2D eigenvalue weighted by Crippen LogP contribution is 2.25. The van der Waals surface area contributed by atoms with Gasteiger partial charge in [0, 0.05) is 23.3 Å². The largest absolute Gasteiger partial charge is 0.397 e. The number of nitrogens with two attached hydrogens (primary N) is 1. The molecule has 0 radical (unpaired) electrons. The third-order valence-corrected chi connectivity index (χ3v) is 2.69. The summed E-state index contributed by atoms with van der Waals surface area (Å²) < 4.78 is 0. The molecule has 5 heteroatoms. The van der Waals surface area contributed by atoms with Crippen molar-refractivity contribution in [1.29, 1.82) is 0 Å². The van der Waals surface area contributed by atoms with Crippen LogP contribution in [0.1, 0.15) is 13.8 Å². The lowest BCUT2D eigenvalue weighted by Gasteiger charge is -2.12. The highest BCUT2D eigenvalue weighted by atomic mass is 16.1. The Kier molecular flexibility index (Phi) is 3.85. The highest BCUT2D eigenvalue weighted by Gasteiger charge is 2.06. The number of carbonyl (C=O) groups is 1. The van der Waals surface area contributed by atoms with Crippen LogP contribution in [0.25, 0.3) is 10.9 Å². The normalized spacial score (nSPS) is 10.7. The standard InChI is InChI=1S/C14H18N4O/c1-9(2)18-13(19)8-17-12-6-7-16-14-10(12)4-3-5-11(14)15/h3-7,9H,8,15H2,1-2H3,(H,16,17)(H,18,19). The van der Waals surface area contributed by atoms with Gasteiger partial charge in [0.25, 0.3) is 0 Å². The minimum Gasteiger partial charge on any atom is -0.397 e. The molecule has 0 atom stereocenters. The maximum Gasteiger partial charge on any atom is 0.239 e. The van der Waals surface area contributed by atoms with Gasteiger partial charge in [0.1, 0.15) is 0 Å². The van der Waals surface area contributed by atoms with Crippen LogP contribution in [0.3, 0.4) is 0 Å². The minimum atomic E-state index is -0.0381. The van der Waals surface area contributed by atoms with E-state index in [4.69, 9.17) is 5.73 Å². The molecule has 100 valence electrons. The molecule has 0 saturated carbocycles. The molecule has 0 fully saturated rings. The number of amides is 1. The van der Waals surface area contributed by atoms with Gasteiger partial charge >= 0.3 is 0 Å². The summed E-state index contributed by atoms with van der Waals surface area (Å²) in [5.74, 6) is -0.0381. The van der Waals surface area contributed by atoms with Crippen LogP contribution in [0.5, 0.6) is 0 Å². The van der Waals surface area contributed by atoms with Gasteiger partial charge in [0.2, 0.25) is 5.91 Å². The van der Waals surface area contributed by atoms with E-state index in [1.165, 1.54) is 0 Å². The van der Waals surface area contributed by atoms with Crippen molar-refractivity contribution in [2.45, 2.75) is 19.9 Å². The molecule has 0 saturated heterocycles. The van der Waals surface area contributed by atoms with Crippen molar-refractivity contribution < 1.29 is 4.79 Å². The number of nitrogen functional groups attached to an aromatic ring is 1. The zero-order valence-corrected chi connectivity index (χ0v) is 11.1. The Morgan fingerprint density at radius 2 is 2.16 bits per heavy atom. The van der Waals surface area contributed by atoms with E-state index in [9.17, 15) is 4.79 Å². The summed E-state index contributed by atoms with van der Waals surface area (Å²) in [5.41, 5.74) is 8.11. The number of nitrogens with one attached hydrogen (secondary N) is 2. The minimum absolute atomic E-state index is 0.0381. The van der Waals surface area contributed by atoms with Crippen LogP contribution in [0.4, 0.5) is 11.4 Å². The maximum absolute atomic E-state index is 11.6. The Hall–Kier alpha value is -2.30. The second-order valence-corrected chi connectivity index (χ2v) is 4.68. The van der Waals surface area contributed by atoms with Crippen LogP contribution >= 0.6 is 0 Å². The topological polar surface area (TPSA) is 80.0 Å². The molecule has 0 bridgehead atoms. The molecule has 2 aromatic rings. The van der Waals surface area contributed by atoms with Crippen molar-refractivity contribution in [3.05, 3.63) is 30.5 Å². The number of fused-ring (bicyclic) bond motifs is 1. The Bertz CT molecular complexity index is 595. The van der Waals surface area contributed by atoms with Crippen molar-refractivity contribution in [3.63, 3.8) is 0 Å². The van der Waals surface area contributed by atoms with Crippen LogP contribution in [0.2, 0.25) is 0 Å². The summed E-state index contributed by atoms with van der Waals surface area (Å²) in [5, 5.41) is 6.86. The van der Waals surface area contributed by atoms with Crippen molar-refractivity contribution in [2.75, 3.05) is 17.6 Å². The zero-order chi connectivity index (χ0) is 13.8. The van der Waals surface area contributed by atoms with Crippen LogP contribution < -0.4 is 16.4 Å². The van der Waals surface area contributed by atoms with Crippen LogP contribution in [-0.2, 0) is 4.79 Å². The Morgan fingerprint density at radius 3 is 2.89 bits per heavy atom. The van der Waals surface area contributed by atoms with E-state index in [0.29, 0.717) is 5.69 Å². The summed E-state index contributed by atoms with van der Waals surface area (Å²) in [7, 11) is 0. The predicted octanol–water partition coefficient (Wildman–Crippen LogP) is 1.75. The summed E-state index contributed by atoms with van der Waals surface area (Å²) in [6.45, 7) is 4.09. The molecule has 1 amide bonds. The van der Waals surface area contributed by atoms with Crippen molar-refractivity contribution in [1.82, 2.24) is 10.3 Å². The fourth-order valence-corrected chi connectivity index (χ4v) is 1.90. The number of pyridine rings is 1. The summed E-state index contributed by atoms with van der Waals surface area (Å²) in [6, 6.07) is 7.59. The predicted molar refractivity (Wildman–Crippen MR) is 77.9 cm³/mol. The number of rotatable bonds is 4. The third-order valence-electron chi connectivity index (χ3n) is 2.69. The molecule has 0 spiro atoms. The SMILES string of the molecule is CC(C)NC(=O)CNc1ccnc2c(N)cccc12. The molecule has 1 aromatic carbocycles. The molecule has 19 heavy (non-hydrogen) atoms. The molecular formula is C14H18N4O. The second-order valence-electron chi connectivity index (χ2n) is 4.68. The quantitative estimate of drug-likeness (QED) is 0.730. The Balaban J connectivity index is 2.17. The first-order chi connectivity index (χ1) is 9.08. The zero-order valence-electron chi connectivity index (χ0n) is 11.1. The molecule has 1 aromatic heterocycles. The number of para-hydroxylation sites is 1. The van der Waals surface area contributed by atoms with Crippen LogP contribution in [0.15, 0.2) is 30.5 Å². The smallest absolute Gasteiger partial charge is 0.239 e. The van der Waals surface area contributed by atoms with Gasteiger partial charge in [-0.2, -0.15) is 0 Å². The first-order valence-corrected chi connectivity index (χ1v) is 6.24. The van der Waals surface area contributed by atoms with Gasteiger partial charge in [0.15, 0.2) is 0 Å². The number of nitrogens with zero attached hydrogens (tertiary/aromatic N) is 1. The number of benzene rings is 1. The molecule has 0 unspecified atom stereocenters. The lowest BCUT2D eigenvalue weighted by Crippen LogP contribution is -2.34. The Labute approximate surface area is 112 Å². The van der Waals surface area contributed by atoms with E-state index in [-0.39, 0.29) is 18.5 Å². The van der Waals surface area contributed by atoms with Gasteiger partial charge in [-0.25, -0.2) is 0 Å². The molecule has 5 nitrogen and oxygen atoms in total. The van der Waals surface area contributed by atoms with Gasteiger partial charge in [-0.3, -0.25) is 9.78 Å². The molecule has 0 aliphatic heterocycles. The fourth-order valence-electron chi connectivity index (χ4n) is 1.90. The number of anilines is 2. The first kappa shape index (κ1) is 13.1. The molecule has 4 N–H and O–H groups in total. The summed E-state index contributed by atoms with van der Waals surface area (Å²) in [4.78, 5) is 15.9. The summed E-state index contributed by atoms with van der Waals surface area (Å²) in [6.07, 6.45) is 1.68. The number of hydrogen-bond acceptors (Lipinski definition) is 4. The number of hydrogen-bond donors (Lipinski definition) is 3. The van der Waals surface area contributed by atoms with Gasteiger partial charge < -0.3 is 16.4 Å². The molecular weight excluding hydrogens is 240 g/mol. The van der Waals surface area contributed by atoms with Crippen LogP contribution in [0, 0.1) is 0 Å². The van der Waals surface area contributed by atoms with E-state index in [1.807, 2.05) is 38.1 Å². The molecule has 0 aliphatic rings. The van der Waals surface area contributed by atoms with E-state index in [2.05, 4.69) is 15.6 Å². The van der Waals surface area contributed by atoms with E-state index < -0.39 is 0 Å². The van der Waals surface area contributed by atoms with Gasteiger partial charge in [-0.05, 0) is 26.0 Å². The number of carbonyl (C=O) groups excluding carboxylic acids is 1. The van der Waals surface area contributed by atoms with Crippen molar-refractivity contribution in [3.8, 4) is 0 Å². The van der Waals surface area contributed by atoms with E-state index >= 15 is 0 Å². The fraction of sp³-hybridized carbons (Fsp3) is 0.286. The highest BCUT2D eigenvalue weighted by molar-refractivity contribution is 5.98. The van der Waals surface area contributed by atoms with E-state index in [0.717, 1.165) is 16.6 Å².